The number of thioether (sulfide) groups is 1. The molecule has 1 atom stereocenters. The van der Waals surface area contributed by atoms with Gasteiger partial charge in [0.05, 0.1) is 11.4 Å². The fourth-order valence-corrected chi connectivity index (χ4v) is 5.70. The SMILES string of the molecule is CSC1=C(C)N(S(=O)(=O)c2ccc(C)cc2)CC1(O)c1ccc(F)cc1. The zero-order valence-electron chi connectivity index (χ0n) is 14.7. The van der Waals surface area contributed by atoms with Crippen LogP contribution in [-0.2, 0) is 15.6 Å². The van der Waals surface area contributed by atoms with Crippen molar-refractivity contribution in [2.45, 2.75) is 24.3 Å². The van der Waals surface area contributed by atoms with E-state index in [0.717, 1.165) is 5.56 Å². The Morgan fingerprint density at radius 3 is 2.19 bits per heavy atom. The third-order valence-electron chi connectivity index (χ3n) is 4.59. The third kappa shape index (κ3) is 3.04. The molecule has 0 fully saturated rings. The van der Waals surface area contributed by atoms with E-state index in [0.29, 0.717) is 16.2 Å². The van der Waals surface area contributed by atoms with Gasteiger partial charge in [-0.15, -0.1) is 11.8 Å². The van der Waals surface area contributed by atoms with Gasteiger partial charge in [-0.25, -0.2) is 12.8 Å². The van der Waals surface area contributed by atoms with Crippen LogP contribution in [0, 0.1) is 12.7 Å². The van der Waals surface area contributed by atoms with E-state index in [1.54, 1.807) is 37.4 Å². The van der Waals surface area contributed by atoms with E-state index in [9.17, 15) is 17.9 Å². The summed E-state index contributed by atoms with van der Waals surface area (Å²) in [6.45, 7) is 3.42. The Morgan fingerprint density at radius 2 is 1.65 bits per heavy atom. The first-order chi connectivity index (χ1) is 12.2. The van der Waals surface area contributed by atoms with Crippen molar-refractivity contribution in [2.75, 3.05) is 12.8 Å². The molecule has 1 heterocycles. The van der Waals surface area contributed by atoms with Crippen LogP contribution in [0.2, 0.25) is 0 Å². The maximum atomic E-state index is 13.3. The summed E-state index contributed by atoms with van der Waals surface area (Å²) in [7, 11) is -3.81. The topological polar surface area (TPSA) is 57.6 Å². The summed E-state index contributed by atoms with van der Waals surface area (Å²) in [4.78, 5) is 0.714. The summed E-state index contributed by atoms with van der Waals surface area (Å²) in [6.07, 6.45) is 1.79. The lowest BCUT2D eigenvalue weighted by Crippen LogP contribution is -2.36. The molecule has 2 aromatic carbocycles. The zero-order chi connectivity index (χ0) is 19.1. The highest BCUT2D eigenvalue weighted by molar-refractivity contribution is 8.02. The molecule has 138 valence electrons. The van der Waals surface area contributed by atoms with Gasteiger partial charge in [-0.3, -0.25) is 4.31 Å². The lowest BCUT2D eigenvalue weighted by atomic mass is 9.94. The summed E-state index contributed by atoms with van der Waals surface area (Å²) in [6, 6.07) is 12.1. The Hall–Kier alpha value is -1.83. The normalized spacial score (nSPS) is 20.7. The number of β-amino-alcohol motifs (C(OH)–C–C–N with tert-alkyl or cyclic N) is 1. The van der Waals surface area contributed by atoms with E-state index in [1.807, 2.05) is 6.92 Å². The quantitative estimate of drug-likeness (QED) is 0.862. The number of aryl methyl sites for hydroxylation is 1. The van der Waals surface area contributed by atoms with Gasteiger partial charge in [0.25, 0.3) is 10.0 Å². The molecule has 2 aromatic rings. The monoisotopic (exact) mass is 393 g/mol. The van der Waals surface area contributed by atoms with Crippen LogP contribution >= 0.6 is 11.8 Å². The number of nitrogens with zero attached hydrogens (tertiary/aromatic N) is 1. The Bertz CT molecular complexity index is 953. The Balaban J connectivity index is 2.07. The first-order valence-electron chi connectivity index (χ1n) is 8.03. The molecular formula is C19H20FNO3S2. The van der Waals surface area contributed by atoms with Crippen molar-refractivity contribution in [1.29, 1.82) is 0 Å². The van der Waals surface area contributed by atoms with Gasteiger partial charge in [0.2, 0.25) is 0 Å². The van der Waals surface area contributed by atoms with E-state index in [1.165, 1.54) is 40.3 Å². The van der Waals surface area contributed by atoms with Gasteiger partial charge in [0.1, 0.15) is 11.4 Å². The van der Waals surface area contributed by atoms with Gasteiger partial charge in [0, 0.05) is 10.6 Å². The average Bonchev–Trinajstić information content (AvgIpc) is 2.88. The molecule has 0 saturated heterocycles. The lowest BCUT2D eigenvalue weighted by molar-refractivity contribution is 0.0860. The molecule has 1 aliphatic rings. The van der Waals surface area contributed by atoms with Crippen LogP contribution in [0.25, 0.3) is 0 Å². The minimum absolute atomic E-state index is 0.142. The fourth-order valence-electron chi connectivity index (χ4n) is 3.18. The van der Waals surface area contributed by atoms with Gasteiger partial charge in [-0.2, -0.15) is 0 Å². The molecule has 4 nitrogen and oxygen atoms in total. The summed E-state index contributed by atoms with van der Waals surface area (Å²) < 4.78 is 40.7. The predicted octanol–water partition coefficient (Wildman–Crippen LogP) is 3.62. The molecule has 0 saturated carbocycles. The molecule has 7 heteroatoms. The van der Waals surface area contributed by atoms with Crippen LogP contribution in [0.3, 0.4) is 0 Å². The third-order valence-corrected chi connectivity index (χ3v) is 7.48. The number of sulfonamides is 1. The van der Waals surface area contributed by atoms with E-state index in [4.69, 9.17) is 0 Å². The summed E-state index contributed by atoms with van der Waals surface area (Å²) in [5, 5.41) is 11.3. The van der Waals surface area contributed by atoms with Crippen molar-refractivity contribution in [3.63, 3.8) is 0 Å². The zero-order valence-corrected chi connectivity index (χ0v) is 16.4. The molecule has 1 N–H and O–H groups in total. The maximum absolute atomic E-state index is 13.3. The van der Waals surface area contributed by atoms with Crippen molar-refractivity contribution >= 4 is 21.8 Å². The Morgan fingerprint density at radius 1 is 1.08 bits per heavy atom. The molecule has 1 unspecified atom stereocenters. The minimum atomic E-state index is -3.81. The first-order valence-corrected chi connectivity index (χ1v) is 10.7. The molecule has 3 rings (SSSR count). The number of hydrogen-bond acceptors (Lipinski definition) is 4. The smallest absolute Gasteiger partial charge is 0.264 e. The van der Waals surface area contributed by atoms with Crippen LogP contribution in [0.4, 0.5) is 4.39 Å². The van der Waals surface area contributed by atoms with Crippen molar-refractivity contribution in [3.05, 3.63) is 76.1 Å². The summed E-state index contributed by atoms with van der Waals surface area (Å²) in [5.41, 5.74) is 0.397. The average molecular weight is 394 g/mol. The molecule has 0 spiro atoms. The second-order valence-electron chi connectivity index (χ2n) is 6.31. The number of aliphatic hydroxyl groups is 1. The largest absolute Gasteiger partial charge is 0.378 e. The van der Waals surface area contributed by atoms with Gasteiger partial charge in [0.15, 0.2) is 0 Å². The highest BCUT2D eigenvalue weighted by Crippen LogP contribution is 2.46. The van der Waals surface area contributed by atoms with Crippen molar-refractivity contribution < 1.29 is 17.9 Å². The molecule has 26 heavy (non-hydrogen) atoms. The first kappa shape index (κ1) is 18.9. The molecular weight excluding hydrogens is 373 g/mol. The van der Waals surface area contributed by atoms with Crippen molar-refractivity contribution in [3.8, 4) is 0 Å². The van der Waals surface area contributed by atoms with Gasteiger partial charge in [-0.1, -0.05) is 29.8 Å². The highest BCUT2D eigenvalue weighted by Gasteiger charge is 2.47. The van der Waals surface area contributed by atoms with Gasteiger partial charge in [-0.05, 0) is 49.9 Å². The standard InChI is InChI=1S/C19H20FNO3S2/c1-13-4-10-17(11-5-13)26(23,24)21-12-19(22,18(25-3)14(21)2)15-6-8-16(20)9-7-15/h4-11,22H,12H2,1-3H3. The number of halogens is 1. The second kappa shape index (κ2) is 6.72. The van der Waals surface area contributed by atoms with E-state index < -0.39 is 21.4 Å². The Kier molecular flexibility index (Phi) is 4.90. The van der Waals surface area contributed by atoms with Crippen LogP contribution < -0.4 is 0 Å². The number of allylic oxidation sites excluding steroid dienone is 1. The van der Waals surface area contributed by atoms with Gasteiger partial charge >= 0.3 is 0 Å². The lowest BCUT2D eigenvalue weighted by Gasteiger charge is -2.27. The number of benzene rings is 2. The van der Waals surface area contributed by atoms with Crippen LogP contribution in [0.1, 0.15) is 18.1 Å². The summed E-state index contributed by atoms with van der Waals surface area (Å²) >= 11 is 1.29. The van der Waals surface area contributed by atoms with Crippen LogP contribution in [0.5, 0.6) is 0 Å². The van der Waals surface area contributed by atoms with E-state index in [-0.39, 0.29) is 11.4 Å². The number of hydrogen-bond donors (Lipinski definition) is 1. The van der Waals surface area contributed by atoms with Crippen LogP contribution in [0.15, 0.2) is 64.0 Å². The maximum Gasteiger partial charge on any atom is 0.264 e. The molecule has 1 aliphatic heterocycles. The molecule has 0 aromatic heterocycles. The highest BCUT2D eigenvalue weighted by atomic mass is 32.2. The van der Waals surface area contributed by atoms with Crippen LogP contribution in [-0.4, -0.2) is 30.6 Å². The molecule has 0 amide bonds. The van der Waals surface area contributed by atoms with E-state index >= 15 is 0 Å². The summed E-state index contributed by atoms with van der Waals surface area (Å²) in [5.74, 6) is -0.411. The predicted molar refractivity (Wildman–Crippen MR) is 102 cm³/mol. The molecule has 0 bridgehead atoms. The molecule has 0 aliphatic carbocycles. The number of rotatable bonds is 4. The minimum Gasteiger partial charge on any atom is -0.378 e. The second-order valence-corrected chi connectivity index (χ2v) is 8.99. The fraction of sp³-hybridized carbons (Fsp3) is 0.263. The van der Waals surface area contributed by atoms with Gasteiger partial charge < -0.3 is 5.11 Å². The van der Waals surface area contributed by atoms with Crippen molar-refractivity contribution in [1.82, 2.24) is 4.31 Å². The van der Waals surface area contributed by atoms with Crippen molar-refractivity contribution in [2.24, 2.45) is 0 Å². The van der Waals surface area contributed by atoms with E-state index in [2.05, 4.69) is 0 Å². The molecule has 0 radical (unpaired) electrons. The Labute approximate surface area is 157 Å².